The van der Waals surface area contributed by atoms with Crippen molar-refractivity contribution < 1.29 is 4.79 Å². The molecule has 0 bridgehead atoms. The number of benzene rings is 1. The van der Waals surface area contributed by atoms with Crippen LogP contribution in [0.2, 0.25) is 0 Å². The van der Waals surface area contributed by atoms with Crippen molar-refractivity contribution >= 4 is 22.8 Å². The van der Waals surface area contributed by atoms with Gasteiger partial charge in [0, 0.05) is 38.5 Å². The van der Waals surface area contributed by atoms with Crippen LogP contribution >= 0.6 is 0 Å². The van der Waals surface area contributed by atoms with E-state index >= 15 is 0 Å². The highest BCUT2D eigenvalue weighted by Crippen LogP contribution is 2.27. The smallest absolute Gasteiger partial charge is 0.225 e. The normalized spacial score (nSPS) is 15.5. The Balaban J connectivity index is 1.60. The lowest BCUT2D eigenvalue weighted by molar-refractivity contribution is -0.135. The van der Waals surface area contributed by atoms with E-state index in [9.17, 15) is 4.79 Å². The summed E-state index contributed by atoms with van der Waals surface area (Å²) >= 11 is 0. The number of hydrogen-bond acceptors (Lipinski definition) is 5. The van der Waals surface area contributed by atoms with E-state index in [0.29, 0.717) is 5.91 Å². The van der Waals surface area contributed by atoms with Gasteiger partial charge in [-0.3, -0.25) is 4.79 Å². The molecular formula is C27H38N6O. The third kappa shape index (κ3) is 5.24. The van der Waals surface area contributed by atoms with Crippen LogP contribution in [0.4, 0.5) is 5.82 Å². The van der Waals surface area contributed by atoms with Crippen LogP contribution in [0.25, 0.3) is 16.7 Å². The Morgan fingerprint density at radius 1 is 1.00 bits per heavy atom. The summed E-state index contributed by atoms with van der Waals surface area (Å²) in [7, 11) is 0. The summed E-state index contributed by atoms with van der Waals surface area (Å²) < 4.78 is 1.91. The van der Waals surface area contributed by atoms with Gasteiger partial charge in [-0.05, 0) is 37.8 Å². The summed E-state index contributed by atoms with van der Waals surface area (Å²) in [6.45, 7) is 9.70. The number of aromatic nitrogens is 4. The topological polar surface area (TPSA) is 67.2 Å². The molecule has 0 radical (unpaired) electrons. The number of carbonyl (C=O) groups is 1. The molecular weight excluding hydrogens is 424 g/mol. The summed E-state index contributed by atoms with van der Waals surface area (Å²) in [5.74, 6) is 2.28. The summed E-state index contributed by atoms with van der Waals surface area (Å²) in [5.41, 5.74) is 1.84. The maximum Gasteiger partial charge on any atom is 0.225 e. The molecule has 3 aromatic rings. The van der Waals surface area contributed by atoms with Gasteiger partial charge in [0.2, 0.25) is 5.91 Å². The number of anilines is 1. The maximum absolute atomic E-state index is 13.2. The molecule has 2 aromatic heterocycles. The first-order chi connectivity index (χ1) is 16.7. The Kier molecular flexibility index (Phi) is 8.14. The van der Waals surface area contributed by atoms with E-state index in [2.05, 4.69) is 35.7 Å². The lowest BCUT2D eigenvalue weighted by Crippen LogP contribution is -2.39. The number of para-hydroxylation sites is 1. The van der Waals surface area contributed by atoms with Crippen molar-refractivity contribution in [3.05, 3.63) is 42.4 Å². The fraction of sp³-hybridized carbons (Fsp3) is 0.556. The second-order valence-electron chi connectivity index (χ2n) is 9.26. The first-order valence-electron chi connectivity index (χ1n) is 13.0. The molecule has 0 N–H and O–H groups in total. The predicted octanol–water partition coefficient (Wildman–Crippen LogP) is 5.02. The van der Waals surface area contributed by atoms with Crippen LogP contribution in [0, 0.1) is 5.92 Å². The summed E-state index contributed by atoms with van der Waals surface area (Å²) in [5, 5.41) is 5.64. The quantitative estimate of drug-likeness (QED) is 0.446. The number of aryl methyl sites for hydroxylation is 1. The average Bonchev–Trinajstić information content (AvgIpc) is 3.13. The van der Waals surface area contributed by atoms with E-state index in [0.717, 1.165) is 99.5 Å². The number of nitrogens with zero attached hydrogens (tertiary/aromatic N) is 6. The predicted molar refractivity (Wildman–Crippen MR) is 137 cm³/mol. The molecule has 0 aliphatic carbocycles. The first kappa shape index (κ1) is 24.2. The summed E-state index contributed by atoms with van der Waals surface area (Å²) in [4.78, 5) is 27.5. The molecule has 1 fully saturated rings. The van der Waals surface area contributed by atoms with Crippen LogP contribution in [0.15, 0.2) is 36.5 Å². The minimum absolute atomic E-state index is 0.150. The minimum Gasteiger partial charge on any atom is -0.354 e. The van der Waals surface area contributed by atoms with Crippen molar-refractivity contribution in [2.75, 3.05) is 31.1 Å². The summed E-state index contributed by atoms with van der Waals surface area (Å²) in [6.07, 6.45) is 8.82. The Hall–Kier alpha value is -2.96. The zero-order valence-corrected chi connectivity index (χ0v) is 20.9. The third-order valence-electron chi connectivity index (χ3n) is 6.78. The average molecular weight is 463 g/mol. The second-order valence-corrected chi connectivity index (χ2v) is 9.26. The van der Waals surface area contributed by atoms with Crippen LogP contribution in [-0.2, 0) is 11.2 Å². The van der Waals surface area contributed by atoms with Crippen molar-refractivity contribution in [3.8, 4) is 5.69 Å². The monoisotopic (exact) mass is 462 g/mol. The minimum atomic E-state index is 0.150. The molecule has 1 aliphatic rings. The van der Waals surface area contributed by atoms with Gasteiger partial charge >= 0.3 is 0 Å². The van der Waals surface area contributed by atoms with Crippen LogP contribution in [-0.4, -0.2) is 56.7 Å². The van der Waals surface area contributed by atoms with Gasteiger partial charge in [0.25, 0.3) is 0 Å². The molecule has 1 aromatic carbocycles. The molecule has 182 valence electrons. The zero-order valence-electron chi connectivity index (χ0n) is 20.9. The standard InChI is InChI=1S/C27H38N6O/c1-4-7-13-21(6-3)27(34)32-17-11-16-31(18-19-32)25-23-20-28-33(22-14-9-8-10-15-22)26(23)30-24(29-25)12-5-2/h8-10,14-15,20-21H,4-7,11-13,16-19H2,1-3H3/t21-/m0/s1. The van der Waals surface area contributed by atoms with Gasteiger partial charge in [-0.15, -0.1) is 0 Å². The van der Waals surface area contributed by atoms with Gasteiger partial charge in [0.05, 0.1) is 17.3 Å². The molecule has 1 atom stereocenters. The zero-order chi connectivity index (χ0) is 23.9. The fourth-order valence-electron chi connectivity index (χ4n) is 4.83. The van der Waals surface area contributed by atoms with Crippen LogP contribution < -0.4 is 4.90 Å². The molecule has 3 heterocycles. The van der Waals surface area contributed by atoms with Crippen molar-refractivity contribution in [1.82, 2.24) is 24.6 Å². The number of amides is 1. The van der Waals surface area contributed by atoms with Crippen LogP contribution in [0.1, 0.15) is 65.1 Å². The SMILES string of the molecule is CCCC[C@H](CC)C(=O)N1CCCN(c2nc(CCC)nc3c2cnn3-c2ccccc2)CC1. The molecule has 1 amide bonds. The van der Waals surface area contributed by atoms with E-state index < -0.39 is 0 Å². The molecule has 4 rings (SSSR count). The van der Waals surface area contributed by atoms with Gasteiger partial charge in [-0.1, -0.05) is 51.8 Å². The van der Waals surface area contributed by atoms with E-state index in [4.69, 9.17) is 9.97 Å². The van der Waals surface area contributed by atoms with E-state index in [1.165, 1.54) is 0 Å². The molecule has 7 heteroatoms. The van der Waals surface area contributed by atoms with Crippen molar-refractivity contribution in [2.45, 2.75) is 65.7 Å². The van der Waals surface area contributed by atoms with Crippen LogP contribution in [0.3, 0.4) is 0 Å². The molecule has 7 nitrogen and oxygen atoms in total. The first-order valence-corrected chi connectivity index (χ1v) is 13.0. The van der Waals surface area contributed by atoms with Gasteiger partial charge in [0.1, 0.15) is 11.6 Å². The second kappa shape index (κ2) is 11.4. The molecule has 0 spiro atoms. The fourth-order valence-corrected chi connectivity index (χ4v) is 4.83. The largest absolute Gasteiger partial charge is 0.354 e. The lowest BCUT2D eigenvalue weighted by Gasteiger charge is -2.26. The third-order valence-corrected chi connectivity index (χ3v) is 6.78. The number of hydrogen-bond donors (Lipinski definition) is 0. The highest BCUT2D eigenvalue weighted by atomic mass is 16.2. The number of rotatable bonds is 9. The van der Waals surface area contributed by atoms with Gasteiger partial charge in [-0.2, -0.15) is 5.10 Å². The maximum atomic E-state index is 13.2. The summed E-state index contributed by atoms with van der Waals surface area (Å²) in [6, 6.07) is 10.1. The molecule has 34 heavy (non-hydrogen) atoms. The number of carbonyl (C=O) groups excluding carboxylic acids is 1. The lowest BCUT2D eigenvalue weighted by atomic mass is 9.97. The Morgan fingerprint density at radius 2 is 1.82 bits per heavy atom. The molecule has 0 saturated carbocycles. The van der Waals surface area contributed by atoms with Crippen molar-refractivity contribution in [3.63, 3.8) is 0 Å². The van der Waals surface area contributed by atoms with E-state index in [-0.39, 0.29) is 5.92 Å². The van der Waals surface area contributed by atoms with Crippen LogP contribution in [0.5, 0.6) is 0 Å². The molecule has 0 unspecified atom stereocenters. The molecule has 1 saturated heterocycles. The molecule has 1 aliphatic heterocycles. The van der Waals surface area contributed by atoms with Crippen molar-refractivity contribution in [1.29, 1.82) is 0 Å². The van der Waals surface area contributed by atoms with Gasteiger partial charge < -0.3 is 9.80 Å². The van der Waals surface area contributed by atoms with E-state index in [1.54, 1.807) is 0 Å². The van der Waals surface area contributed by atoms with Gasteiger partial charge in [-0.25, -0.2) is 14.6 Å². The highest BCUT2D eigenvalue weighted by molar-refractivity contribution is 5.88. The van der Waals surface area contributed by atoms with Crippen molar-refractivity contribution in [2.24, 2.45) is 5.92 Å². The Bertz CT molecular complexity index is 1080. The van der Waals surface area contributed by atoms with E-state index in [1.807, 2.05) is 41.2 Å². The Morgan fingerprint density at radius 3 is 2.56 bits per heavy atom. The number of fused-ring (bicyclic) bond motifs is 1. The number of unbranched alkanes of at least 4 members (excludes halogenated alkanes) is 1. The highest BCUT2D eigenvalue weighted by Gasteiger charge is 2.26. The van der Waals surface area contributed by atoms with Gasteiger partial charge in [0.15, 0.2) is 5.65 Å². The Labute approximate surface area is 203 Å².